The summed E-state index contributed by atoms with van der Waals surface area (Å²) in [7, 11) is 0. The fourth-order valence-electron chi connectivity index (χ4n) is 1.39. The number of hydrogen-bond acceptors (Lipinski definition) is 5. The molecule has 0 bridgehead atoms. The van der Waals surface area contributed by atoms with Crippen molar-refractivity contribution in [3.63, 3.8) is 0 Å². The van der Waals surface area contributed by atoms with E-state index in [4.69, 9.17) is 23.2 Å². The van der Waals surface area contributed by atoms with Crippen molar-refractivity contribution in [2.75, 3.05) is 5.32 Å². The minimum atomic E-state index is -0.382. The van der Waals surface area contributed by atoms with Crippen molar-refractivity contribution in [3.8, 4) is 0 Å². The maximum Gasteiger partial charge on any atom is 0.258 e. The van der Waals surface area contributed by atoms with E-state index >= 15 is 0 Å². The second-order valence-electron chi connectivity index (χ2n) is 3.77. The van der Waals surface area contributed by atoms with E-state index in [2.05, 4.69) is 25.5 Å². The summed E-state index contributed by atoms with van der Waals surface area (Å²) in [5.41, 5.74) is 1.56. The van der Waals surface area contributed by atoms with Crippen molar-refractivity contribution < 1.29 is 4.79 Å². The minimum Gasteiger partial charge on any atom is -0.305 e. The van der Waals surface area contributed by atoms with Gasteiger partial charge in [-0.3, -0.25) is 4.79 Å². The zero-order valence-electron chi connectivity index (χ0n) is 10.1. The first-order chi connectivity index (χ1) is 8.99. The minimum absolute atomic E-state index is 0.0766. The van der Waals surface area contributed by atoms with Gasteiger partial charge in [0.15, 0.2) is 11.0 Å². The van der Waals surface area contributed by atoms with Crippen LogP contribution in [-0.4, -0.2) is 26.1 Å². The van der Waals surface area contributed by atoms with E-state index < -0.39 is 0 Å². The zero-order chi connectivity index (χ0) is 14.0. The topological polar surface area (TPSA) is 80.7 Å². The summed E-state index contributed by atoms with van der Waals surface area (Å²) in [6.45, 7) is 3.44. The molecular weight excluding hydrogens is 289 g/mol. The van der Waals surface area contributed by atoms with Crippen LogP contribution in [0.2, 0.25) is 10.2 Å². The van der Waals surface area contributed by atoms with Crippen molar-refractivity contribution >= 4 is 34.9 Å². The predicted molar refractivity (Wildman–Crippen MR) is 71.5 cm³/mol. The van der Waals surface area contributed by atoms with Gasteiger partial charge < -0.3 is 5.32 Å². The Morgan fingerprint density at radius 2 is 1.95 bits per heavy atom. The number of rotatable bonds is 2. The first kappa shape index (κ1) is 13.6. The predicted octanol–water partition coefficient (Wildman–Crippen LogP) is 2.44. The van der Waals surface area contributed by atoms with Crippen molar-refractivity contribution in [1.29, 1.82) is 0 Å². The van der Waals surface area contributed by atoms with E-state index in [1.165, 1.54) is 6.33 Å². The number of nitrogens with zero attached hydrogens (tertiary/aromatic N) is 4. The number of amides is 1. The van der Waals surface area contributed by atoms with Crippen LogP contribution in [0.15, 0.2) is 12.4 Å². The molecule has 98 valence electrons. The molecule has 0 radical (unpaired) electrons. The summed E-state index contributed by atoms with van der Waals surface area (Å²) in [5, 5.41) is 10.5. The van der Waals surface area contributed by atoms with Gasteiger partial charge in [-0.25, -0.2) is 9.97 Å². The Morgan fingerprint density at radius 3 is 2.68 bits per heavy atom. The van der Waals surface area contributed by atoms with Gasteiger partial charge in [0.25, 0.3) is 5.91 Å². The van der Waals surface area contributed by atoms with Crippen molar-refractivity contribution in [2.24, 2.45) is 0 Å². The average Bonchev–Trinajstić information content (AvgIpc) is 2.38. The molecule has 1 N–H and O–H groups in total. The standard InChI is InChI=1S/C11H9Cl2N5O/c1-5-3-7(6(2)18-17-5)11(19)16-10-8(12)9(13)14-4-15-10/h3-4H,1-2H3,(H,14,15,16,19). The summed E-state index contributed by atoms with van der Waals surface area (Å²) in [4.78, 5) is 19.7. The Kier molecular flexibility index (Phi) is 3.92. The summed E-state index contributed by atoms with van der Waals surface area (Å²) in [6, 6.07) is 1.63. The highest BCUT2D eigenvalue weighted by Crippen LogP contribution is 2.25. The van der Waals surface area contributed by atoms with Gasteiger partial charge in [0.2, 0.25) is 0 Å². The SMILES string of the molecule is Cc1cc(C(=O)Nc2ncnc(Cl)c2Cl)c(C)nn1. The number of halogens is 2. The maximum atomic E-state index is 12.1. The van der Waals surface area contributed by atoms with Gasteiger partial charge in [0, 0.05) is 0 Å². The summed E-state index contributed by atoms with van der Waals surface area (Å²) < 4.78 is 0. The van der Waals surface area contributed by atoms with Crippen LogP contribution >= 0.6 is 23.2 Å². The molecule has 0 atom stereocenters. The normalized spacial score (nSPS) is 10.3. The van der Waals surface area contributed by atoms with E-state index in [1.54, 1.807) is 19.9 Å². The Hall–Kier alpha value is -1.79. The molecule has 2 rings (SSSR count). The number of hydrogen-bond donors (Lipinski definition) is 1. The lowest BCUT2D eigenvalue weighted by Gasteiger charge is -2.08. The Labute approximate surface area is 119 Å². The van der Waals surface area contributed by atoms with E-state index in [1.807, 2.05) is 0 Å². The third kappa shape index (κ3) is 2.97. The largest absolute Gasteiger partial charge is 0.305 e. The third-order valence-electron chi connectivity index (χ3n) is 2.32. The summed E-state index contributed by atoms with van der Waals surface area (Å²) >= 11 is 11.6. The molecule has 0 aliphatic heterocycles. The molecule has 0 unspecified atom stereocenters. The number of carbonyl (C=O) groups excluding carboxylic acids is 1. The molecule has 0 aliphatic rings. The first-order valence-electron chi connectivity index (χ1n) is 5.27. The van der Waals surface area contributed by atoms with Crippen molar-refractivity contribution in [1.82, 2.24) is 20.2 Å². The number of nitrogens with one attached hydrogen (secondary N) is 1. The molecule has 2 aromatic heterocycles. The summed E-state index contributed by atoms with van der Waals surface area (Å²) in [6.07, 6.45) is 1.22. The molecule has 8 heteroatoms. The van der Waals surface area contributed by atoms with Crippen LogP contribution in [0.1, 0.15) is 21.7 Å². The molecule has 19 heavy (non-hydrogen) atoms. The molecule has 1 amide bonds. The van der Waals surface area contributed by atoms with Crippen LogP contribution in [0.25, 0.3) is 0 Å². The first-order valence-corrected chi connectivity index (χ1v) is 6.03. The highest BCUT2D eigenvalue weighted by Gasteiger charge is 2.15. The molecule has 2 aromatic rings. The Bertz CT molecular complexity index is 647. The van der Waals surface area contributed by atoms with Crippen LogP contribution in [0.4, 0.5) is 5.82 Å². The third-order valence-corrected chi connectivity index (χ3v) is 3.07. The molecular formula is C11H9Cl2N5O. The molecule has 2 heterocycles. The van der Waals surface area contributed by atoms with E-state index in [0.717, 1.165) is 0 Å². The lowest BCUT2D eigenvalue weighted by molar-refractivity contribution is 0.102. The van der Waals surface area contributed by atoms with Crippen molar-refractivity contribution in [2.45, 2.75) is 13.8 Å². The van der Waals surface area contributed by atoms with Gasteiger partial charge in [-0.05, 0) is 19.9 Å². The van der Waals surface area contributed by atoms with Gasteiger partial charge >= 0.3 is 0 Å². The molecule has 0 aliphatic carbocycles. The number of aromatic nitrogens is 4. The molecule has 0 saturated carbocycles. The second kappa shape index (κ2) is 5.46. The van der Waals surface area contributed by atoms with Crippen LogP contribution in [-0.2, 0) is 0 Å². The smallest absolute Gasteiger partial charge is 0.258 e. The number of carbonyl (C=O) groups is 1. The maximum absolute atomic E-state index is 12.1. The van der Waals surface area contributed by atoms with Gasteiger partial charge in [-0.1, -0.05) is 23.2 Å². The fourth-order valence-corrected chi connectivity index (χ4v) is 1.67. The summed E-state index contributed by atoms with van der Waals surface area (Å²) in [5.74, 6) is -0.229. The van der Waals surface area contributed by atoms with Gasteiger partial charge in [0.05, 0.1) is 17.0 Å². The quantitative estimate of drug-likeness (QED) is 0.861. The van der Waals surface area contributed by atoms with Gasteiger partial charge in [-0.2, -0.15) is 10.2 Å². The van der Waals surface area contributed by atoms with Gasteiger partial charge in [0.1, 0.15) is 11.3 Å². The van der Waals surface area contributed by atoms with Crippen LogP contribution in [0.3, 0.4) is 0 Å². The monoisotopic (exact) mass is 297 g/mol. The highest BCUT2D eigenvalue weighted by molar-refractivity contribution is 6.43. The number of anilines is 1. The highest BCUT2D eigenvalue weighted by atomic mass is 35.5. The molecule has 0 aromatic carbocycles. The molecule has 0 spiro atoms. The van der Waals surface area contributed by atoms with Crippen LogP contribution < -0.4 is 5.32 Å². The second-order valence-corrected chi connectivity index (χ2v) is 4.50. The zero-order valence-corrected chi connectivity index (χ0v) is 11.6. The average molecular weight is 298 g/mol. The van der Waals surface area contributed by atoms with Crippen LogP contribution in [0, 0.1) is 13.8 Å². The molecule has 0 saturated heterocycles. The van der Waals surface area contributed by atoms with Crippen LogP contribution in [0.5, 0.6) is 0 Å². The number of aryl methyl sites for hydroxylation is 2. The molecule has 0 fully saturated rings. The van der Waals surface area contributed by atoms with E-state index in [9.17, 15) is 4.79 Å². The van der Waals surface area contributed by atoms with Gasteiger partial charge in [-0.15, -0.1) is 0 Å². The Morgan fingerprint density at radius 1 is 1.21 bits per heavy atom. The lowest BCUT2D eigenvalue weighted by atomic mass is 10.2. The fraction of sp³-hybridized carbons (Fsp3) is 0.182. The lowest BCUT2D eigenvalue weighted by Crippen LogP contribution is -2.16. The Balaban J connectivity index is 2.31. The van der Waals surface area contributed by atoms with E-state index in [-0.39, 0.29) is 21.9 Å². The molecule has 6 nitrogen and oxygen atoms in total. The van der Waals surface area contributed by atoms with E-state index in [0.29, 0.717) is 17.0 Å². The van der Waals surface area contributed by atoms with Crippen molar-refractivity contribution in [3.05, 3.63) is 39.5 Å².